The van der Waals surface area contributed by atoms with E-state index in [4.69, 9.17) is 28.9 Å². The number of nitrogens with two attached hydrogens (primary N) is 1. The molecule has 2 heterocycles. The maximum absolute atomic E-state index is 12.2. The Bertz CT molecular complexity index is 981. The summed E-state index contributed by atoms with van der Waals surface area (Å²) in [5, 5.41) is 5.57. The lowest BCUT2D eigenvalue weighted by atomic mass is 10.1. The minimum atomic E-state index is -0.277. The van der Waals surface area contributed by atoms with Crippen molar-refractivity contribution in [3.8, 4) is 11.3 Å². The monoisotopic (exact) mass is 334 g/mol. The lowest BCUT2D eigenvalue weighted by Crippen LogP contribution is -2.18. The first kappa shape index (κ1) is 14.8. The molecule has 112 valence electrons. The summed E-state index contributed by atoms with van der Waals surface area (Å²) < 4.78 is 1.23. The van der Waals surface area contributed by atoms with Crippen molar-refractivity contribution in [1.82, 2.24) is 14.6 Å². The summed E-state index contributed by atoms with van der Waals surface area (Å²) in [6, 6.07) is 6.51. The summed E-state index contributed by atoms with van der Waals surface area (Å²) in [5.74, 6) is 0. The number of fused-ring (bicyclic) bond motifs is 1. The van der Waals surface area contributed by atoms with E-state index in [9.17, 15) is 4.79 Å². The van der Waals surface area contributed by atoms with Gasteiger partial charge in [-0.25, -0.2) is 4.98 Å². The van der Waals surface area contributed by atoms with Crippen molar-refractivity contribution in [2.75, 3.05) is 0 Å². The smallest absolute Gasteiger partial charge is 0.275 e. The Morgan fingerprint density at radius 3 is 2.73 bits per heavy atom. The quantitative estimate of drug-likeness (QED) is 0.780. The van der Waals surface area contributed by atoms with Crippen LogP contribution in [-0.4, -0.2) is 14.6 Å². The zero-order chi connectivity index (χ0) is 15.9. The van der Waals surface area contributed by atoms with Crippen molar-refractivity contribution < 1.29 is 0 Å². The van der Waals surface area contributed by atoms with Gasteiger partial charge in [-0.2, -0.15) is 9.61 Å². The molecule has 0 bridgehead atoms. The summed E-state index contributed by atoms with van der Waals surface area (Å²) in [4.78, 5) is 16.7. The molecule has 22 heavy (non-hydrogen) atoms. The molecule has 0 aliphatic carbocycles. The van der Waals surface area contributed by atoms with Crippen molar-refractivity contribution >= 4 is 34.5 Å². The normalized spacial score (nSPS) is 12.7. The number of benzene rings is 1. The first-order chi connectivity index (χ1) is 10.5. The highest BCUT2D eigenvalue weighted by Gasteiger charge is 2.10. The second-order valence-electron chi connectivity index (χ2n) is 4.78. The van der Waals surface area contributed by atoms with Gasteiger partial charge in [-0.05, 0) is 18.6 Å². The van der Waals surface area contributed by atoms with Crippen LogP contribution in [-0.2, 0) is 0 Å². The fourth-order valence-electron chi connectivity index (χ4n) is 2.16. The van der Waals surface area contributed by atoms with Crippen LogP contribution in [0.25, 0.3) is 22.6 Å². The Morgan fingerprint density at radius 1 is 1.27 bits per heavy atom. The van der Waals surface area contributed by atoms with Gasteiger partial charge in [-0.15, -0.1) is 0 Å². The van der Waals surface area contributed by atoms with Gasteiger partial charge in [0.1, 0.15) is 0 Å². The Labute approximate surface area is 136 Å². The third kappa shape index (κ3) is 2.42. The molecule has 0 spiro atoms. The van der Waals surface area contributed by atoms with Gasteiger partial charge < -0.3 is 5.73 Å². The molecule has 0 radical (unpaired) electrons. The van der Waals surface area contributed by atoms with Crippen molar-refractivity contribution in [2.45, 2.75) is 13.3 Å². The van der Waals surface area contributed by atoms with Crippen LogP contribution in [0.4, 0.5) is 0 Å². The van der Waals surface area contributed by atoms with Crippen molar-refractivity contribution in [3.63, 3.8) is 0 Å². The standard InChI is InChI=1S/C15H12Cl2N4O/c1-2-12(18)9-7-19-21-14(22)6-13(20-15(9)21)8-3-4-10(16)11(17)5-8/h3-7H,2,18H2,1H3. The molecule has 0 atom stereocenters. The number of halogens is 2. The van der Waals surface area contributed by atoms with Gasteiger partial charge in [-0.1, -0.05) is 36.2 Å². The van der Waals surface area contributed by atoms with Crippen LogP contribution in [0.2, 0.25) is 10.0 Å². The van der Waals surface area contributed by atoms with Crippen molar-refractivity contribution in [2.24, 2.45) is 5.73 Å². The minimum Gasteiger partial charge on any atom is -0.401 e. The van der Waals surface area contributed by atoms with Crippen LogP contribution in [0.5, 0.6) is 0 Å². The third-order valence-corrected chi connectivity index (χ3v) is 4.12. The molecule has 0 fully saturated rings. The first-order valence-corrected chi connectivity index (χ1v) is 7.39. The lowest BCUT2D eigenvalue weighted by Gasteiger charge is -2.03. The number of nitrogens with zero attached hydrogens (tertiary/aromatic N) is 3. The van der Waals surface area contributed by atoms with Crippen LogP contribution < -0.4 is 16.5 Å². The predicted molar refractivity (Wildman–Crippen MR) is 87.8 cm³/mol. The summed E-state index contributed by atoms with van der Waals surface area (Å²) in [7, 11) is 0. The maximum atomic E-state index is 12.2. The van der Waals surface area contributed by atoms with Crippen LogP contribution in [0.15, 0.2) is 35.3 Å². The molecule has 0 aliphatic rings. The molecule has 5 nitrogen and oxygen atoms in total. The van der Waals surface area contributed by atoms with Gasteiger partial charge in [0.2, 0.25) is 0 Å². The lowest BCUT2D eigenvalue weighted by molar-refractivity contribution is 0.901. The molecule has 3 aromatic rings. The van der Waals surface area contributed by atoms with Crippen molar-refractivity contribution in [3.05, 3.63) is 56.1 Å². The van der Waals surface area contributed by atoms with Gasteiger partial charge in [-0.3, -0.25) is 4.79 Å². The highest BCUT2D eigenvalue weighted by atomic mass is 35.5. The van der Waals surface area contributed by atoms with E-state index in [0.29, 0.717) is 44.3 Å². The fourth-order valence-corrected chi connectivity index (χ4v) is 2.45. The maximum Gasteiger partial charge on any atom is 0.275 e. The van der Waals surface area contributed by atoms with E-state index < -0.39 is 0 Å². The van der Waals surface area contributed by atoms with Gasteiger partial charge in [0.15, 0.2) is 5.65 Å². The SMILES string of the molecule is CCC(N)=c1cnn2c(=O)cc(-c3ccc(Cl)c(Cl)c3)nc12. The molecule has 0 saturated heterocycles. The van der Waals surface area contributed by atoms with Crippen LogP contribution in [0, 0.1) is 0 Å². The zero-order valence-corrected chi connectivity index (χ0v) is 13.2. The topological polar surface area (TPSA) is 73.3 Å². The highest BCUT2D eigenvalue weighted by molar-refractivity contribution is 6.42. The second-order valence-corrected chi connectivity index (χ2v) is 5.60. The molecular formula is C15H12Cl2N4O. The summed E-state index contributed by atoms with van der Waals surface area (Å²) in [6.45, 7) is 1.93. The van der Waals surface area contributed by atoms with Crippen LogP contribution >= 0.6 is 23.2 Å². The number of rotatable bonds is 2. The molecule has 2 aromatic heterocycles. The van der Waals surface area contributed by atoms with E-state index in [-0.39, 0.29) is 5.56 Å². The van der Waals surface area contributed by atoms with Crippen LogP contribution in [0.3, 0.4) is 0 Å². The average molecular weight is 335 g/mol. The highest BCUT2D eigenvalue weighted by Crippen LogP contribution is 2.27. The predicted octanol–water partition coefficient (Wildman–Crippen LogP) is 2.26. The third-order valence-electron chi connectivity index (χ3n) is 3.38. The van der Waals surface area contributed by atoms with Gasteiger partial charge in [0.25, 0.3) is 5.56 Å². The molecule has 0 saturated carbocycles. The fraction of sp³-hybridized carbons (Fsp3) is 0.133. The summed E-state index contributed by atoms with van der Waals surface area (Å²) in [5.41, 5.74) is 7.97. The largest absolute Gasteiger partial charge is 0.401 e. The van der Waals surface area contributed by atoms with Gasteiger partial charge >= 0.3 is 0 Å². The molecule has 0 unspecified atom stereocenters. The van der Waals surface area contributed by atoms with E-state index in [1.165, 1.54) is 10.6 Å². The van der Waals surface area contributed by atoms with Crippen LogP contribution in [0.1, 0.15) is 13.3 Å². The zero-order valence-electron chi connectivity index (χ0n) is 11.7. The number of hydrogen-bond acceptors (Lipinski definition) is 4. The first-order valence-electron chi connectivity index (χ1n) is 6.64. The van der Waals surface area contributed by atoms with Crippen molar-refractivity contribution in [1.29, 1.82) is 0 Å². The number of hydrogen-bond donors (Lipinski definition) is 1. The van der Waals surface area contributed by atoms with Gasteiger partial charge in [0, 0.05) is 17.3 Å². The van der Waals surface area contributed by atoms with E-state index in [1.54, 1.807) is 24.4 Å². The van der Waals surface area contributed by atoms with E-state index >= 15 is 0 Å². The Kier molecular flexibility index (Phi) is 3.76. The van der Waals surface area contributed by atoms with Gasteiger partial charge in [0.05, 0.1) is 27.2 Å². The molecule has 1 aromatic carbocycles. The molecule has 7 heteroatoms. The van der Waals surface area contributed by atoms with E-state index in [1.807, 2.05) is 6.92 Å². The number of aromatic nitrogens is 3. The van der Waals surface area contributed by atoms with E-state index in [0.717, 1.165) is 0 Å². The minimum absolute atomic E-state index is 0.277. The summed E-state index contributed by atoms with van der Waals surface area (Å²) in [6.07, 6.45) is 2.20. The Balaban J connectivity index is 2.32. The molecule has 2 N–H and O–H groups in total. The molecule has 3 rings (SSSR count). The average Bonchev–Trinajstić information content (AvgIpc) is 2.93. The molecule has 0 amide bonds. The molecule has 0 aliphatic heterocycles. The molecular weight excluding hydrogens is 323 g/mol. The summed E-state index contributed by atoms with van der Waals surface area (Å²) >= 11 is 11.9. The Morgan fingerprint density at radius 2 is 2.05 bits per heavy atom. The Hall–Kier alpha value is -2.11. The van der Waals surface area contributed by atoms with E-state index in [2.05, 4.69) is 10.1 Å². The second kappa shape index (κ2) is 5.59.